The molecule has 0 spiro atoms. The predicted molar refractivity (Wildman–Crippen MR) is 100 cm³/mol. The van der Waals surface area contributed by atoms with Crippen LogP contribution in [0.5, 0.6) is 0 Å². The van der Waals surface area contributed by atoms with Crippen LogP contribution < -0.4 is 10.6 Å². The van der Waals surface area contributed by atoms with Gasteiger partial charge in [-0.15, -0.1) is 16.4 Å². The van der Waals surface area contributed by atoms with E-state index in [1.807, 2.05) is 0 Å². The van der Waals surface area contributed by atoms with Crippen LogP contribution in [0, 0.1) is 5.82 Å². The lowest BCUT2D eigenvalue weighted by Gasteiger charge is -2.13. The molecule has 2 aromatic heterocycles. The minimum absolute atomic E-state index is 0.195. The van der Waals surface area contributed by atoms with E-state index < -0.39 is 6.03 Å². The number of anilines is 1. The molecular weight excluding hydrogens is 391 g/mol. The Bertz CT molecular complexity index is 931. The van der Waals surface area contributed by atoms with Gasteiger partial charge in [-0.3, -0.25) is 10.1 Å². The molecule has 2 heterocycles. The number of benzene rings is 1. The van der Waals surface area contributed by atoms with Crippen LogP contribution in [0.3, 0.4) is 0 Å². The molecule has 0 aliphatic carbocycles. The van der Waals surface area contributed by atoms with E-state index in [1.165, 1.54) is 28.4 Å². The first-order chi connectivity index (χ1) is 13.0. The molecule has 0 aliphatic heterocycles. The molecule has 27 heavy (non-hydrogen) atoms. The van der Waals surface area contributed by atoms with Crippen LogP contribution in [0.4, 0.5) is 14.3 Å². The van der Waals surface area contributed by atoms with Crippen LogP contribution in [0.15, 0.2) is 35.0 Å². The highest BCUT2D eigenvalue weighted by Gasteiger charge is 2.16. The van der Waals surface area contributed by atoms with E-state index in [0.29, 0.717) is 16.4 Å². The van der Waals surface area contributed by atoms with Crippen molar-refractivity contribution in [3.63, 3.8) is 0 Å². The Balaban J connectivity index is 1.50. The first-order valence-corrected chi connectivity index (χ1v) is 9.49. The second kappa shape index (κ2) is 8.64. The van der Waals surface area contributed by atoms with E-state index in [4.69, 9.17) is 0 Å². The second-order valence-corrected chi connectivity index (χ2v) is 7.00. The number of aromatic nitrogens is 3. The van der Waals surface area contributed by atoms with Crippen LogP contribution in [-0.4, -0.2) is 38.5 Å². The van der Waals surface area contributed by atoms with Crippen molar-refractivity contribution in [2.75, 3.05) is 12.4 Å². The van der Waals surface area contributed by atoms with Crippen molar-refractivity contribution in [1.82, 2.24) is 24.8 Å². The number of amides is 3. The van der Waals surface area contributed by atoms with Gasteiger partial charge >= 0.3 is 6.03 Å². The number of urea groups is 1. The first kappa shape index (κ1) is 18.9. The van der Waals surface area contributed by atoms with Crippen LogP contribution in [0.2, 0.25) is 0 Å². The molecule has 0 radical (unpaired) electrons. The smallest absolute Gasteiger partial charge is 0.321 e. The molecule has 3 rings (SSSR count). The maximum absolute atomic E-state index is 13.1. The fourth-order valence-corrected chi connectivity index (χ4v) is 3.30. The fourth-order valence-electron chi connectivity index (χ4n) is 2.18. The van der Waals surface area contributed by atoms with Gasteiger partial charge in [0.05, 0.1) is 12.2 Å². The molecule has 0 unspecified atom stereocenters. The summed E-state index contributed by atoms with van der Waals surface area (Å²) < 4.78 is 16.8. The van der Waals surface area contributed by atoms with Crippen molar-refractivity contribution in [3.05, 3.63) is 57.8 Å². The van der Waals surface area contributed by atoms with Gasteiger partial charge in [0.2, 0.25) is 0 Å². The minimum atomic E-state index is -0.446. The summed E-state index contributed by atoms with van der Waals surface area (Å²) in [5.74, 6) is -0.606. The maximum Gasteiger partial charge on any atom is 0.321 e. The number of nitrogens with zero attached hydrogens (tertiary/aromatic N) is 4. The highest BCUT2D eigenvalue weighted by Crippen LogP contribution is 2.17. The molecule has 0 atom stereocenters. The number of nitrogens with one attached hydrogen (secondary N) is 2. The van der Waals surface area contributed by atoms with Gasteiger partial charge in [-0.2, -0.15) is 0 Å². The first-order valence-electron chi connectivity index (χ1n) is 7.77. The van der Waals surface area contributed by atoms with Crippen molar-refractivity contribution >= 4 is 39.9 Å². The summed E-state index contributed by atoms with van der Waals surface area (Å²) in [6.07, 6.45) is 0. The summed E-state index contributed by atoms with van der Waals surface area (Å²) in [5.41, 5.74) is 1.58. The molecule has 3 amide bonds. The Morgan fingerprint density at radius 2 is 2.15 bits per heavy atom. The number of carbonyl (C=O) groups is 2. The summed E-state index contributed by atoms with van der Waals surface area (Å²) in [4.78, 5) is 29.8. The molecule has 0 bridgehead atoms. The van der Waals surface area contributed by atoms with Crippen molar-refractivity contribution in [2.24, 2.45) is 0 Å². The molecule has 3 aromatic rings. The Morgan fingerprint density at radius 1 is 1.30 bits per heavy atom. The molecule has 2 N–H and O–H groups in total. The van der Waals surface area contributed by atoms with Gasteiger partial charge in [-0.05, 0) is 29.2 Å². The standard InChI is InChI=1S/C16H15FN6O2S2/c1-23(14(24)13-9-27-22-21-13)7-12-8-26-16(19-12)20-15(25)18-6-10-3-2-4-11(17)5-10/h2-5,8-9H,6-7H2,1H3,(H2,18,19,20,25). The van der Waals surface area contributed by atoms with E-state index >= 15 is 0 Å². The van der Waals surface area contributed by atoms with Crippen molar-refractivity contribution in [2.45, 2.75) is 13.1 Å². The number of carbonyl (C=O) groups excluding carboxylic acids is 2. The topological polar surface area (TPSA) is 100 Å². The number of thiazole rings is 1. The predicted octanol–water partition coefficient (Wildman–Crippen LogP) is 2.73. The van der Waals surface area contributed by atoms with Gasteiger partial charge in [0, 0.05) is 24.4 Å². The lowest BCUT2D eigenvalue weighted by molar-refractivity contribution is 0.0778. The molecule has 0 fully saturated rings. The molecule has 140 valence electrons. The third-order valence-corrected chi connectivity index (χ3v) is 4.75. The van der Waals surface area contributed by atoms with E-state index in [-0.39, 0.29) is 30.5 Å². The maximum atomic E-state index is 13.1. The lowest BCUT2D eigenvalue weighted by atomic mass is 10.2. The summed E-state index contributed by atoms with van der Waals surface area (Å²) in [7, 11) is 1.64. The number of hydrogen-bond acceptors (Lipinski definition) is 7. The third kappa shape index (κ3) is 5.28. The van der Waals surface area contributed by atoms with Crippen LogP contribution in [0.25, 0.3) is 0 Å². The monoisotopic (exact) mass is 406 g/mol. The second-order valence-electron chi connectivity index (χ2n) is 5.53. The largest absolute Gasteiger partial charge is 0.334 e. The average molecular weight is 406 g/mol. The van der Waals surface area contributed by atoms with Gasteiger partial charge in [-0.25, -0.2) is 14.2 Å². The quantitative estimate of drug-likeness (QED) is 0.656. The fraction of sp³-hybridized carbons (Fsp3) is 0.188. The normalized spacial score (nSPS) is 10.4. The number of hydrogen-bond donors (Lipinski definition) is 2. The molecule has 8 nitrogen and oxygen atoms in total. The van der Waals surface area contributed by atoms with Crippen LogP contribution in [0.1, 0.15) is 21.7 Å². The van der Waals surface area contributed by atoms with Crippen molar-refractivity contribution < 1.29 is 14.0 Å². The van der Waals surface area contributed by atoms with E-state index in [1.54, 1.807) is 29.9 Å². The highest BCUT2D eigenvalue weighted by atomic mass is 32.1. The molecule has 0 saturated heterocycles. The summed E-state index contributed by atoms with van der Waals surface area (Å²) in [6, 6.07) is 5.55. The van der Waals surface area contributed by atoms with Crippen molar-refractivity contribution in [3.8, 4) is 0 Å². The zero-order chi connectivity index (χ0) is 19.2. The minimum Gasteiger partial charge on any atom is -0.334 e. The SMILES string of the molecule is CN(Cc1csc(NC(=O)NCc2cccc(F)c2)n1)C(=O)c1csnn1. The Hall–Kier alpha value is -2.92. The van der Waals surface area contributed by atoms with Gasteiger partial charge in [0.25, 0.3) is 5.91 Å². The molecule has 1 aromatic carbocycles. The summed E-state index contributed by atoms with van der Waals surface area (Å²) >= 11 is 2.36. The van der Waals surface area contributed by atoms with E-state index in [0.717, 1.165) is 11.5 Å². The van der Waals surface area contributed by atoms with Crippen molar-refractivity contribution in [1.29, 1.82) is 0 Å². The molecule has 0 aliphatic rings. The Labute approximate surface area is 162 Å². The van der Waals surface area contributed by atoms with Gasteiger partial charge in [0.15, 0.2) is 10.8 Å². The lowest BCUT2D eigenvalue weighted by Crippen LogP contribution is -2.28. The number of halogens is 1. The Morgan fingerprint density at radius 3 is 2.89 bits per heavy atom. The van der Waals surface area contributed by atoms with E-state index in [9.17, 15) is 14.0 Å². The van der Waals surface area contributed by atoms with Gasteiger partial charge in [-0.1, -0.05) is 16.6 Å². The zero-order valence-corrected chi connectivity index (χ0v) is 15.8. The van der Waals surface area contributed by atoms with Crippen LogP contribution >= 0.6 is 22.9 Å². The zero-order valence-electron chi connectivity index (χ0n) is 14.2. The molecular formula is C16H15FN6O2S2. The van der Waals surface area contributed by atoms with E-state index in [2.05, 4.69) is 25.2 Å². The summed E-state index contributed by atoms with van der Waals surface area (Å²) in [6.45, 7) is 0.472. The summed E-state index contributed by atoms with van der Waals surface area (Å²) in [5, 5.41) is 12.7. The highest BCUT2D eigenvalue weighted by molar-refractivity contribution is 7.13. The molecule has 11 heteroatoms. The van der Waals surface area contributed by atoms with Gasteiger partial charge < -0.3 is 10.2 Å². The third-order valence-electron chi connectivity index (χ3n) is 3.44. The number of rotatable bonds is 6. The van der Waals surface area contributed by atoms with Gasteiger partial charge in [0.1, 0.15) is 5.82 Å². The average Bonchev–Trinajstić information content (AvgIpc) is 3.31. The molecule has 0 saturated carbocycles. The Kier molecular flexibility index (Phi) is 6.04. The van der Waals surface area contributed by atoms with Crippen LogP contribution in [-0.2, 0) is 13.1 Å².